The second-order valence-corrected chi connectivity index (χ2v) is 4.78. The van der Waals surface area contributed by atoms with E-state index in [-0.39, 0.29) is 17.6 Å². The molecular weight excluding hydrogens is 247 g/mol. The number of carbonyl (C=O) groups is 1. The lowest BCUT2D eigenvalue weighted by atomic mass is 10.0. The van der Waals surface area contributed by atoms with Crippen molar-refractivity contribution < 1.29 is 13.9 Å². The smallest absolute Gasteiger partial charge is 0.237 e. The zero-order chi connectivity index (χ0) is 14.4. The number of ether oxygens (including phenoxy) is 1. The van der Waals surface area contributed by atoms with Crippen LogP contribution in [0.4, 0.5) is 4.39 Å². The van der Waals surface area contributed by atoms with Crippen molar-refractivity contribution in [1.82, 2.24) is 5.32 Å². The Balaban J connectivity index is 2.45. The van der Waals surface area contributed by atoms with Crippen LogP contribution in [0.2, 0.25) is 0 Å². The molecule has 0 spiro atoms. The summed E-state index contributed by atoms with van der Waals surface area (Å²) >= 11 is 0. The molecule has 0 fully saturated rings. The molecule has 0 aliphatic rings. The largest absolute Gasteiger partial charge is 0.494 e. The van der Waals surface area contributed by atoms with E-state index >= 15 is 0 Å². The average molecular weight is 268 g/mol. The maximum atomic E-state index is 13.4. The number of nitrogens with two attached hydrogens (primary N) is 1. The summed E-state index contributed by atoms with van der Waals surface area (Å²) in [5, 5.41) is 2.74. The first-order valence-electron chi connectivity index (χ1n) is 6.31. The fourth-order valence-electron chi connectivity index (χ4n) is 1.62. The maximum absolute atomic E-state index is 13.4. The van der Waals surface area contributed by atoms with Gasteiger partial charge in [0, 0.05) is 6.54 Å². The Labute approximate surface area is 113 Å². The molecule has 19 heavy (non-hydrogen) atoms. The van der Waals surface area contributed by atoms with Crippen molar-refractivity contribution in [2.24, 2.45) is 11.7 Å². The minimum Gasteiger partial charge on any atom is -0.494 e. The minimum atomic E-state index is -0.507. The number of carbonyl (C=O) groups excluding carboxylic acids is 1. The third kappa shape index (κ3) is 4.52. The van der Waals surface area contributed by atoms with Gasteiger partial charge in [-0.05, 0) is 30.0 Å². The van der Waals surface area contributed by atoms with E-state index in [9.17, 15) is 9.18 Å². The van der Waals surface area contributed by atoms with E-state index in [1.165, 1.54) is 13.2 Å². The third-order valence-electron chi connectivity index (χ3n) is 2.95. The first-order chi connectivity index (χ1) is 8.95. The van der Waals surface area contributed by atoms with E-state index in [2.05, 4.69) is 5.32 Å². The van der Waals surface area contributed by atoms with Crippen LogP contribution in [-0.4, -0.2) is 25.6 Å². The lowest BCUT2D eigenvalue weighted by Crippen LogP contribution is -2.44. The molecule has 106 valence electrons. The topological polar surface area (TPSA) is 64.3 Å². The summed E-state index contributed by atoms with van der Waals surface area (Å²) in [4.78, 5) is 11.6. The quantitative estimate of drug-likeness (QED) is 0.821. The summed E-state index contributed by atoms with van der Waals surface area (Å²) in [6.45, 7) is 4.22. The number of methoxy groups -OCH3 is 1. The summed E-state index contributed by atoms with van der Waals surface area (Å²) in [6, 6.07) is 4.25. The summed E-state index contributed by atoms with van der Waals surface area (Å²) in [6.07, 6.45) is 0.553. The van der Waals surface area contributed by atoms with E-state index in [0.29, 0.717) is 13.0 Å². The monoisotopic (exact) mass is 268 g/mol. The van der Waals surface area contributed by atoms with E-state index in [0.717, 1.165) is 5.56 Å². The van der Waals surface area contributed by atoms with Crippen LogP contribution in [0.25, 0.3) is 0 Å². The fraction of sp³-hybridized carbons (Fsp3) is 0.500. The predicted molar refractivity (Wildman–Crippen MR) is 72.5 cm³/mol. The molecule has 1 atom stereocenters. The molecule has 1 aromatic rings. The zero-order valence-corrected chi connectivity index (χ0v) is 11.6. The number of amides is 1. The molecule has 0 radical (unpaired) electrons. The Hall–Kier alpha value is -1.62. The highest BCUT2D eigenvalue weighted by Crippen LogP contribution is 2.17. The van der Waals surface area contributed by atoms with Gasteiger partial charge in [0.15, 0.2) is 11.6 Å². The van der Waals surface area contributed by atoms with Crippen LogP contribution in [0.15, 0.2) is 18.2 Å². The van der Waals surface area contributed by atoms with Crippen molar-refractivity contribution in [3.05, 3.63) is 29.6 Å². The predicted octanol–water partition coefficient (Wildman–Crippen LogP) is 1.48. The highest BCUT2D eigenvalue weighted by Gasteiger charge is 2.16. The van der Waals surface area contributed by atoms with Crippen molar-refractivity contribution in [3.8, 4) is 5.75 Å². The summed E-state index contributed by atoms with van der Waals surface area (Å²) < 4.78 is 18.3. The van der Waals surface area contributed by atoms with E-state index in [1.807, 2.05) is 13.8 Å². The molecule has 4 nitrogen and oxygen atoms in total. The van der Waals surface area contributed by atoms with Gasteiger partial charge < -0.3 is 15.8 Å². The third-order valence-corrected chi connectivity index (χ3v) is 2.95. The molecular formula is C14H21FN2O2. The Morgan fingerprint density at radius 1 is 1.47 bits per heavy atom. The van der Waals surface area contributed by atoms with Gasteiger partial charge >= 0.3 is 0 Å². The molecule has 1 rings (SSSR count). The lowest BCUT2D eigenvalue weighted by Gasteiger charge is -2.15. The van der Waals surface area contributed by atoms with Crippen molar-refractivity contribution in [3.63, 3.8) is 0 Å². The molecule has 5 heteroatoms. The second-order valence-electron chi connectivity index (χ2n) is 4.78. The first kappa shape index (κ1) is 15.4. The van der Waals surface area contributed by atoms with Gasteiger partial charge in [-0.15, -0.1) is 0 Å². The average Bonchev–Trinajstić information content (AvgIpc) is 2.37. The Morgan fingerprint density at radius 3 is 2.68 bits per heavy atom. The molecule has 1 aromatic carbocycles. The van der Waals surface area contributed by atoms with Gasteiger partial charge in [-0.25, -0.2) is 4.39 Å². The van der Waals surface area contributed by atoms with E-state index < -0.39 is 11.9 Å². The van der Waals surface area contributed by atoms with E-state index in [4.69, 9.17) is 10.5 Å². The minimum absolute atomic E-state index is 0.0958. The fourth-order valence-corrected chi connectivity index (χ4v) is 1.62. The molecule has 0 unspecified atom stereocenters. The van der Waals surface area contributed by atoms with Gasteiger partial charge in [-0.3, -0.25) is 4.79 Å². The summed E-state index contributed by atoms with van der Waals surface area (Å²) in [5.74, 6) is -0.262. The number of hydrogen-bond donors (Lipinski definition) is 2. The molecule has 0 aliphatic heterocycles. The molecule has 1 amide bonds. The molecule has 0 aliphatic carbocycles. The van der Waals surface area contributed by atoms with Crippen LogP contribution in [0.5, 0.6) is 5.75 Å². The first-order valence-corrected chi connectivity index (χ1v) is 6.31. The van der Waals surface area contributed by atoms with Gasteiger partial charge in [-0.2, -0.15) is 0 Å². The van der Waals surface area contributed by atoms with Crippen LogP contribution < -0.4 is 15.8 Å². The van der Waals surface area contributed by atoms with Crippen molar-refractivity contribution >= 4 is 5.91 Å². The van der Waals surface area contributed by atoms with Gasteiger partial charge in [0.05, 0.1) is 13.2 Å². The molecule has 0 saturated carbocycles. The maximum Gasteiger partial charge on any atom is 0.237 e. The molecule has 3 N–H and O–H groups in total. The molecule has 0 heterocycles. The molecule has 0 aromatic heterocycles. The van der Waals surface area contributed by atoms with Gasteiger partial charge in [0.1, 0.15) is 0 Å². The number of hydrogen-bond acceptors (Lipinski definition) is 3. The van der Waals surface area contributed by atoms with Crippen molar-refractivity contribution in [2.45, 2.75) is 26.3 Å². The highest BCUT2D eigenvalue weighted by atomic mass is 19.1. The van der Waals surface area contributed by atoms with Crippen LogP contribution in [0.1, 0.15) is 19.4 Å². The Kier molecular flexibility index (Phi) is 5.76. The van der Waals surface area contributed by atoms with Crippen LogP contribution in [0, 0.1) is 11.7 Å². The standard InChI is InChI=1S/C14H21FN2O2/c1-9(2)13(16)14(18)17-7-6-10-4-5-12(19-3)11(15)8-10/h4-5,8-9,13H,6-7,16H2,1-3H3,(H,17,18)/t13-/m0/s1. The summed E-state index contributed by atoms with van der Waals surface area (Å²) in [7, 11) is 1.42. The summed E-state index contributed by atoms with van der Waals surface area (Å²) in [5.41, 5.74) is 6.52. The van der Waals surface area contributed by atoms with Crippen LogP contribution in [-0.2, 0) is 11.2 Å². The Bertz CT molecular complexity index is 435. The second kappa shape index (κ2) is 7.09. The van der Waals surface area contributed by atoms with Gasteiger partial charge in [0.2, 0.25) is 5.91 Å². The molecule has 0 bridgehead atoms. The zero-order valence-electron chi connectivity index (χ0n) is 11.6. The van der Waals surface area contributed by atoms with E-state index in [1.54, 1.807) is 12.1 Å². The van der Waals surface area contributed by atoms with Gasteiger partial charge in [-0.1, -0.05) is 19.9 Å². The van der Waals surface area contributed by atoms with Crippen LogP contribution >= 0.6 is 0 Å². The number of benzene rings is 1. The lowest BCUT2D eigenvalue weighted by molar-refractivity contribution is -0.123. The molecule has 0 saturated heterocycles. The number of rotatable bonds is 6. The van der Waals surface area contributed by atoms with Crippen LogP contribution in [0.3, 0.4) is 0 Å². The highest BCUT2D eigenvalue weighted by molar-refractivity contribution is 5.81. The van der Waals surface area contributed by atoms with Crippen molar-refractivity contribution in [1.29, 1.82) is 0 Å². The SMILES string of the molecule is COc1ccc(CCNC(=O)[C@@H](N)C(C)C)cc1F. The number of halogens is 1. The van der Waals surface area contributed by atoms with Crippen molar-refractivity contribution in [2.75, 3.05) is 13.7 Å². The number of nitrogens with one attached hydrogen (secondary N) is 1. The van der Waals surface area contributed by atoms with Gasteiger partial charge in [0.25, 0.3) is 0 Å². The normalized spacial score (nSPS) is 12.3. The Morgan fingerprint density at radius 2 is 2.16 bits per heavy atom.